The minimum Gasteiger partial charge on any atom is -0.691 e. The van der Waals surface area contributed by atoms with Crippen molar-refractivity contribution < 1.29 is 42.5 Å². The minimum absolute atomic E-state index is 0. The number of hydrogen-bond acceptors (Lipinski definition) is 5. The average molecular weight is 555 g/mol. The number of ether oxygens (including phenoxy) is 5. The van der Waals surface area contributed by atoms with E-state index in [-0.39, 0.29) is 25.5 Å². The monoisotopic (exact) mass is 554 g/mol. The Balaban J connectivity index is 0.00000405. The molecule has 0 aliphatic carbocycles. The van der Waals surface area contributed by atoms with Crippen molar-refractivity contribution in [3.8, 4) is 5.92 Å². The molecule has 4 aromatic rings. The fraction of sp³-hybridized carbons (Fsp3) is 0.278. The molecule has 0 radical (unpaired) electrons. The van der Waals surface area contributed by atoms with Gasteiger partial charge in [0.15, 0.2) is 0 Å². The first-order valence-electron chi connectivity index (χ1n) is 14.0. The number of hydrogen-bond donors (Lipinski definition) is 0. The third-order valence-corrected chi connectivity index (χ3v) is 7.03. The van der Waals surface area contributed by atoms with Crippen LogP contribution in [0.2, 0.25) is 0 Å². The summed E-state index contributed by atoms with van der Waals surface area (Å²) in [7, 11) is 0. The van der Waals surface area contributed by atoms with Crippen LogP contribution in [-0.4, -0.2) is 37.1 Å². The smallest absolute Gasteiger partial charge is 0.691 e. The van der Waals surface area contributed by atoms with Crippen LogP contribution in [0.4, 0.5) is 0 Å². The van der Waals surface area contributed by atoms with Gasteiger partial charge >= 0.3 is 18.9 Å². The molecule has 6 heteroatoms. The molecule has 0 bridgehead atoms. The van der Waals surface area contributed by atoms with Crippen molar-refractivity contribution in [3.05, 3.63) is 150 Å². The predicted octanol–water partition coefficient (Wildman–Crippen LogP) is 3.32. The normalized spacial score (nSPS) is 21.6. The number of benzene rings is 4. The van der Waals surface area contributed by atoms with Crippen LogP contribution in [0.1, 0.15) is 22.3 Å². The van der Waals surface area contributed by atoms with Crippen LogP contribution in [0.15, 0.2) is 121 Å². The molecule has 210 valence electrons. The molecule has 1 fully saturated rings. The van der Waals surface area contributed by atoms with Gasteiger partial charge in [0.2, 0.25) is 0 Å². The molecule has 5 atom stereocenters. The Morgan fingerprint density at radius 3 is 1.33 bits per heavy atom. The van der Waals surface area contributed by atoms with E-state index < -0.39 is 30.5 Å². The zero-order valence-corrected chi connectivity index (χ0v) is 24.0. The Labute approximate surface area is 261 Å². The van der Waals surface area contributed by atoms with Gasteiger partial charge in [-0.2, -0.15) is 0 Å². The topological polar surface area (TPSA) is 46.2 Å². The van der Waals surface area contributed by atoms with Crippen molar-refractivity contribution in [1.82, 2.24) is 0 Å². The maximum atomic E-state index is 8.11. The van der Waals surface area contributed by atoms with E-state index >= 15 is 0 Å². The van der Waals surface area contributed by atoms with Gasteiger partial charge in [0.25, 0.3) is 0 Å². The SMILES string of the molecule is [C-]#C[C@@H]1O[C@H](COCc2ccccc2)[C@H](OCc2ccccc2)[C@H](OCc2ccccc2)[C@H]1OCc1ccccc1.[Li+]. The Morgan fingerprint density at radius 1 is 0.524 bits per heavy atom. The van der Waals surface area contributed by atoms with E-state index in [2.05, 4.69) is 5.92 Å². The van der Waals surface area contributed by atoms with Crippen LogP contribution in [-0.2, 0) is 50.1 Å². The molecule has 5 rings (SSSR count). The van der Waals surface area contributed by atoms with Gasteiger partial charge < -0.3 is 36.0 Å². The maximum absolute atomic E-state index is 8.11. The van der Waals surface area contributed by atoms with E-state index in [1.54, 1.807) is 0 Å². The fourth-order valence-electron chi connectivity index (χ4n) is 4.91. The maximum Gasteiger partial charge on any atom is 1.00 e. The standard InChI is InChI=1S/C36H35O5.Li/c1-2-32-34(38-24-29-17-9-4-10-18-29)36(40-26-31-21-13-6-14-22-31)35(39-25-30-19-11-5-12-20-30)33(41-32)27-37-23-28-15-7-3-8-16-28;/h3-22,32-36H,23-27H2;/q-1;+1/t32-,33+,34-,35-,36+;/m0./s1. The van der Waals surface area contributed by atoms with Gasteiger partial charge in [-0.05, 0) is 22.3 Å². The molecule has 0 aromatic heterocycles. The van der Waals surface area contributed by atoms with E-state index in [1.807, 2.05) is 121 Å². The van der Waals surface area contributed by atoms with Crippen molar-refractivity contribution in [2.24, 2.45) is 0 Å². The van der Waals surface area contributed by atoms with E-state index in [1.165, 1.54) is 0 Å². The molecular formula is C36H35LiO5. The van der Waals surface area contributed by atoms with Crippen molar-refractivity contribution in [2.75, 3.05) is 6.61 Å². The van der Waals surface area contributed by atoms with Gasteiger partial charge in [-0.3, -0.25) is 0 Å². The number of rotatable bonds is 13. The molecule has 1 heterocycles. The van der Waals surface area contributed by atoms with E-state index in [0.717, 1.165) is 22.3 Å². The van der Waals surface area contributed by atoms with Crippen molar-refractivity contribution in [1.29, 1.82) is 0 Å². The molecule has 42 heavy (non-hydrogen) atoms. The fourth-order valence-corrected chi connectivity index (χ4v) is 4.91. The van der Waals surface area contributed by atoms with Gasteiger partial charge in [0, 0.05) is 0 Å². The molecule has 0 spiro atoms. The Morgan fingerprint density at radius 2 is 0.905 bits per heavy atom. The first-order valence-corrected chi connectivity index (χ1v) is 14.0. The van der Waals surface area contributed by atoms with Crippen LogP contribution in [0.25, 0.3) is 0 Å². The molecule has 4 aromatic carbocycles. The van der Waals surface area contributed by atoms with Crippen LogP contribution >= 0.6 is 0 Å². The largest absolute Gasteiger partial charge is 1.00 e. The molecule has 1 aliphatic rings. The van der Waals surface area contributed by atoms with Gasteiger partial charge in [-0.15, -0.1) is 0 Å². The van der Waals surface area contributed by atoms with E-state index in [4.69, 9.17) is 30.1 Å². The Hall–Kier alpha value is -3.16. The molecular weight excluding hydrogens is 519 g/mol. The summed E-state index contributed by atoms with van der Waals surface area (Å²) in [6.45, 7) is 1.79. The second kappa shape index (κ2) is 17.1. The summed E-state index contributed by atoms with van der Waals surface area (Å²) in [5.41, 5.74) is 4.17. The summed E-state index contributed by atoms with van der Waals surface area (Å²) in [6, 6.07) is 40.0. The Kier molecular flexibility index (Phi) is 12.9. The van der Waals surface area contributed by atoms with Crippen LogP contribution in [0.3, 0.4) is 0 Å². The molecule has 5 nitrogen and oxygen atoms in total. The quantitative estimate of drug-likeness (QED) is 0.144. The molecule has 0 N–H and O–H groups in total. The van der Waals surface area contributed by atoms with Crippen molar-refractivity contribution in [3.63, 3.8) is 0 Å². The zero-order chi connectivity index (χ0) is 28.1. The Bertz CT molecular complexity index is 1330. The van der Waals surface area contributed by atoms with Crippen molar-refractivity contribution >= 4 is 0 Å². The summed E-state index contributed by atoms with van der Waals surface area (Å²) < 4.78 is 32.1. The van der Waals surface area contributed by atoms with Gasteiger partial charge in [-0.25, -0.2) is 0 Å². The summed E-state index contributed by atoms with van der Waals surface area (Å²) in [5.74, 6) is 2.56. The van der Waals surface area contributed by atoms with Crippen molar-refractivity contribution in [2.45, 2.75) is 56.9 Å². The summed E-state index contributed by atoms with van der Waals surface area (Å²) in [6.07, 6.45) is 5.20. The van der Waals surface area contributed by atoms with Gasteiger partial charge in [0.1, 0.15) is 30.5 Å². The summed E-state index contributed by atoms with van der Waals surface area (Å²) in [4.78, 5) is 0. The first-order chi connectivity index (χ1) is 20.3. The predicted molar refractivity (Wildman–Crippen MR) is 157 cm³/mol. The molecule has 0 amide bonds. The molecule has 0 unspecified atom stereocenters. The average Bonchev–Trinajstić information content (AvgIpc) is 3.04. The molecule has 1 aliphatic heterocycles. The third-order valence-electron chi connectivity index (χ3n) is 7.03. The van der Waals surface area contributed by atoms with Crippen LogP contribution in [0.5, 0.6) is 0 Å². The zero-order valence-electron chi connectivity index (χ0n) is 24.0. The second-order valence-corrected chi connectivity index (χ2v) is 10.0. The van der Waals surface area contributed by atoms with Crippen LogP contribution in [0, 0.1) is 12.3 Å². The molecule has 1 saturated heterocycles. The minimum atomic E-state index is -0.749. The summed E-state index contributed by atoms with van der Waals surface area (Å²) >= 11 is 0. The van der Waals surface area contributed by atoms with Gasteiger partial charge in [0.05, 0.1) is 33.0 Å². The molecule has 0 saturated carbocycles. The third kappa shape index (κ3) is 9.17. The van der Waals surface area contributed by atoms with Gasteiger partial charge in [-0.1, -0.05) is 121 Å². The second-order valence-electron chi connectivity index (χ2n) is 10.0. The summed E-state index contributed by atoms with van der Waals surface area (Å²) in [5, 5.41) is 0. The van der Waals surface area contributed by atoms with Crippen LogP contribution < -0.4 is 18.9 Å². The first kappa shape index (κ1) is 31.8. The van der Waals surface area contributed by atoms with E-state index in [0.29, 0.717) is 26.4 Å². The van der Waals surface area contributed by atoms with E-state index in [9.17, 15) is 0 Å².